The van der Waals surface area contributed by atoms with Crippen molar-refractivity contribution in [2.45, 2.75) is 174 Å². The van der Waals surface area contributed by atoms with Gasteiger partial charge in [-0.1, -0.05) is 76.1 Å². The number of nitrogens with zero attached hydrogens (tertiary/aromatic N) is 1. The van der Waals surface area contributed by atoms with Crippen LogP contribution < -0.4 is 0 Å². The van der Waals surface area contributed by atoms with Crippen molar-refractivity contribution in [1.29, 1.82) is 0 Å². The number of thiol groups is 1. The van der Waals surface area contributed by atoms with Crippen LogP contribution >= 0.6 is 12.9 Å². The van der Waals surface area contributed by atoms with Crippen LogP contribution in [0.15, 0.2) is 47.6 Å². The topological polar surface area (TPSA) is 203 Å². The fraction of sp³-hybridized carbons (Fsp3) is 0.750. The second kappa shape index (κ2) is 28.2. The summed E-state index contributed by atoms with van der Waals surface area (Å²) in [6.45, 7) is 13.0. The average Bonchev–Trinajstić information content (AvgIpc) is 3.33. The van der Waals surface area contributed by atoms with Crippen LogP contribution in [0.3, 0.4) is 0 Å². The number of carbonyl (C=O) groups excluding carboxylic acids is 5. The van der Waals surface area contributed by atoms with Gasteiger partial charge >= 0.3 is 5.97 Å². The standard InChI is InChI=1S/C52H81NO15S/c1-31-16-12-11-13-17-32(2)43(61-8)28-40-22-19-37(7)52(60,66-40)49(57)50(58)53-23-15-14-18-41(53)51(59)65-44(34(4)26-38-20-21-39(30-64-67-68-69)45(27-38)62-9)29-42(54)33(3)25-36(6)47(56)48(63-10)46(55)35(5)24-31/h11-13,16-17,25,31,33-35,37-41,43-45,47-48,56,60,69H,14-15,18-24,26-30H2,1-10H3/b13-11+,16-12+,32-17+,36-25+/t31-,33-,34-,35?,37-,38+,39+,40+,41?,43+,44+,45-,47-,48?,52-/m1/s1. The molecule has 2 bridgehead atoms. The number of methoxy groups -OCH3 is 3. The first kappa shape index (κ1) is 58.5. The molecule has 0 spiro atoms. The molecule has 1 amide bonds. The number of hydrogen-bond donors (Lipinski definition) is 3. The van der Waals surface area contributed by atoms with Gasteiger partial charge in [-0.25, -0.2) is 9.68 Å². The molecule has 3 fully saturated rings. The van der Waals surface area contributed by atoms with E-state index in [1.54, 1.807) is 41.1 Å². The smallest absolute Gasteiger partial charge is 0.329 e. The number of rotatable bonds is 10. The minimum Gasteiger partial charge on any atom is -0.460 e. The summed E-state index contributed by atoms with van der Waals surface area (Å²) in [6.07, 6.45) is 12.2. The number of fused-ring (bicyclic) bond motifs is 3. The number of cyclic esters (lactones) is 1. The van der Waals surface area contributed by atoms with E-state index < -0.39 is 77.8 Å². The van der Waals surface area contributed by atoms with Gasteiger partial charge < -0.3 is 38.8 Å². The van der Waals surface area contributed by atoms with Gasteiger partial charge in [0, 0.05) is 77.3 Å². The van der Waals surface area contributed by atoms with Crippen LogP contribution in [0.25, 0.3) is 0 Å². The number of Topliss-reactive ketones (excluding diaryl/α,β-unsaturated/α-hetero) is 3. The number of allylic oxidation sites excluding steroid dienone is 6. The van der Waals surface area contributed by atoms with Crippen molar-refractivity contribution in [3.05, 3.63) is 47.6 Å². The first-order valence-electron chi connectivity index (χ1n) is 24.9. The Morgan fingerprint density at radius 3 is 2.30 bits per heavy atom. The maximum Gasteiger partial charge on any atom is 0.329 e. The van der Waals surface area contributed by atoms with Gasteiger partial charge in [-0.15, -0.1) is 4.33 Å². The van der Waals surface area contributed by atoms with Crippen molar-refractivity contribution in [3.63, 3.8) is 0 Å². The van der Waals surface area contributed by atoms with Gasteiger partial charge in [-0.3, -0.25) is 19.2 Å². The summed E-state index contributed by atoms with van der Waals surface area (Å²) in [4.78, 5) is 77.3. The number of amides is 1. The van der Waals surface area contributed by atoms with E-state index in [9.17, 15) is 34.2 Å². The Bertz CT molecular complexity index is 1840. The zero-order valence-corrected chi connectivity index (χ0v) is 43.4. The Morgan fingerprint density at radius 1 is 0.884 bits per heavy atom. The van der Waals surface area contributed by atoms with E-state index in [0.29, 0.717) is 56.9 Å². The number of esters is 1. The van der Waals surface area contributed by atoms with Crippen LogP contribution in [-0.2, 0) is 61.9 Å². The van der Waals surface area contributed by atoms with Crippen LogP contribution in [0.1, 0.15) is 126 Å². The fourth-order valence-electron chi connectivity index (χ4n) is 10.6. The molecule has 0 aromatic carbocycles. The molecule has 0 aromatic rings. The lowest BCUT2D eigenvalue weighted by Gasteiger charge is -2.42. The predicted molar refractivity (Wildman–Crippen MR) is 260 cm³/mol. The van der Waals surface area contributed by atoms with Gasteiger partial charge in [-0.05, 0) is 107 Å². The third kappa shape index (κ3) is 16.2. The molecular formula is C52H81NO15S. The Kier molecular flexibility index (Phi) is 23.9. The van der Waals surface area contributed by atoms with Gasteiger partial charge in [0.15, 0.2) is 5.78 Å². The zero-order valence-electron chi connectivity index (χ0n) is 42.5. The van der Waals surface area contributed by atoms with Crippen LogP contribution in [0, 0.1) is 41.4 Å². The van der Waals surface area contributed by atoms with Gasteiger partial charge in [0.25, 0.3) is 11.7 Å². The molecule has 0 radical (unpaired) electrons. The second-order valence-electron chi connectivity index (χ2n) is 20.2. The Morgan fingerprint density at radius 2 is 1.62 bits per heavy atom. The molecule has 2 saturated heterocycles. The molecule has 0 aromatic heterocycles. The molecule has 15 atom stereocenters. The largest absolute Gasteiger partial charge is 0.460 e. The molecule has 390 valence electrons. The molecule has 3 unspecified atom stereocenters. The summed E-state index contributed by atoms with van der Waals surface area (Å²) in [6, 6.07) is -1.15. The molecule has 2 N–H and O–H groups in total. The van der Waals surface area contributed by atoms with Crippen LogP contribution in [0.4, 0.5) is 0 Å². The number of piperidine rings is 1. The van der Waals surface area contributed by atoms with E-state index >= 15 is 0 Å². The molecule has 69 heavy (non-hydrogen) atoms. The normalized spacial score (nSPS) is 38.8. The minimum absolute atomic E-state index is 0.0134. The Hall–Kier alpha value is -3.10. The summed E-state index contributed by atoms with van der Waals surface area (Å²) in [5.41, 5.74) is 1.26. The highest BCUT2D eigenvalue weighted by atomic mass is 32.1. The summed E-state index contributed by atoms with van der Waals surface area (Å²) >= 11 is 3.54. The number of hydrogen-bond acceptors (Lipinski definition) is 16. The van der Waals surface area contributed by atoms with E-state index in [4.69, 9.17) is 28.6 Å². The van der Waals surface area contributed by atoms with Gasteiger partial charge in [0.2, 0.25) is 5.79 Å². The number of ketones is 3. The lowest BCUT2D eigenvalue weighted by molar-refractivity contribution is -0.463. The Balaban J connectivity index is 1.69. The molecule has 1 aliphatic carbocycles. The Labute approximate surface area is 415 Å². The lowest BCUT2D eigenvalue weighted by Crippen LogP contribution is -2.61. The fourth-order valence-corrected chi connectivity index (χ4v) is 10.6. The predicted octanol–water partition coefficient (Wildman–Crippen LogP) is 7.16. The highest BCUT2D eigenvalue weighted by Gasteiger charge is 2.53. The SMILES string of the molecule is COC1C(=O)C(C)C[C@H](C)/C=C/C=C/C=C(\C)[C@@H](OC)C[C@@H]2CC[C@@H](C)[C@@](O)(O2)C(=O)C(=O)N2CCCCC2C(=O)O[C@H]([C@H](C)C[C@@H]2CC[C@@H](COOOS)[C@H](OC)C2)CC(=O)[C@H](C)/C=C(\C)[C@H]1O. The van der Waals surface area contributed by atoms with Crippen molar-refractivity contribution in [2.75, 3.05) is 34.5 Å². The van der Waals surface area contributed by atoms with E-state index in [-0.39, 0.29) is 67.3 Å². The molecular weight excluding hydrogens is 911 g/mol. The van der Waals surface area contributed by atoms with E-state index in [0.717, 1.165) is 18.4 Å². The van der Waals surface area contributed by atoms with Crippen molar-refractivity contribution in [2.24, 2.45) is 41.4 Å². The quantitative estimate of drug-likeness (QED) is 0.0291. The maximum absolute atomic E-state index is 14.5. The molecule has 1 saturated carbocycles. The van der Waals surface area contributed by atoms with E-state index in [2.05, 4.69) is 22.3 Å². The van der Waals surface area contributed by atoms with Crippen molar-refractivity contribution >= 4 is 42.1 Å². The van der Waals surface area contributed by atoms with E-state index in [1.165, 1.54) is 12.0 Å². The van der Waals surface area contributed by atoms with Gasteiger partial charge in [0.1, 0.15) is 30.1 Å². The number of carbonyl (C=O) groups is 5. The van der Waals surface area contributed by atoms with Crippen LogP contribution in [0.2, 0.25) is 0 Å². The summed E-state index contributed by atoms with van der Waals surface area (Å²) in [7, 11) is 4.59. The van der Waals surface area contributed by atoms with Crippen LogP contribution in [0.5, 0.6) is 0 Å². The average molecular weight is 992 g/mol. The third-order valence-electron chi connectivity index (χ3n) is 15.0. The monoisotopic (exact) mass is 992 g/mol. The summed E-state index contributed by atoms with van der Waals surface area (Å²) in [5, 5.41) is 28.0. The van der Waals surface area contributed by atoms with E-state index in [1.807, 2.05) is 58.1 Å². The summed E-state index contributed by atoms with van der Waals surface area (Å²) < 4.78 is 34.0. The molecule has 3 heterocycles. The summed E-state index contributed by atoms with van der Waals surface area (Å²) in [5.74, 6) is -7.97. The lowest BCUT2D eigenvalue weighted by atomic mass is 9.75. The molecule has 17 heteroatoms. The van der Waals surface area contributed by atoms with Crippen LogP contribution in [-0.4, -0.2) is 127 Å². The number of ether oxygens (including phenoxy) is 5. The van der Waals surface area contributed by atoms with Crippen molar-refractivity contribution in [1.82, 2.24) is 4.90 Å². The van der Waals surface area contributed by atoms with Gasteiger partial charge in [0.05, 0.1) is 24.9 Å². The zero-order chi connectivity index (χ0) is 51.0. The first-order chi connectivity index (χ1) is 32.8. The number of aliphatic hydroxyl groups is 2. The first-order valence-corrected chi connectivity index (χ1v) is 25.2. The highest BCUT2D eigenvalue weighted by Crippen LogP contribution is 2.39. The molecule has 16 nitrogen and oxygen atoms in total. The van der Waals surface area contributed by atoms with Crippen molar-refractivity contribution < 1.29 is 72.1 Å². The third-order valence-corrected chi connectivity index (χ3v) is 15.1. The molecule has 3 aliphatic heterocycles. The molecule has 4 rings (SSSR count). The van der Waals surface area contributed by atoms with Crippen molar-refractivity contribution in [3.8, 4) is 0 Å². The highest BCUT2D eigenvalue weighted by molar-refractivity contribution is 7.74. The van der Waals surface area contributed by atoms with Gasteiger partial charge in [-0.2, -0.15) is 0 Å². The molecule has 4 aliphatic rings. The minimum atomic E-state index is -2.44. The number of aliphatic hydroxyl groups excluding tert-OH is 1. The second-order valence-corrected chi connectivity index (χ2v) is 20.4. The maximum atomic E-state index is 14.5.